The quantitative estimate of drug-likeness (QED) is 0.801. The van der Waals surface area contributed by atoms with Crippen LogP contribution in [0.15, 0.2) is 50.4 Å². The van der Waals surface area contributed by atoms with E-state index in [1.807, 2.05) is 31.2 Å². The lowest BCUT2D eigenvalue weighted by Crippen LogP contribution is -1.95. The van der Waals surface area contributed by atoms with Crippen LogP contribution in [0.1, 0.15) is 11.1 Å². The normalized spacial score (nSPS) is 12.1. The predicted molar refractivity (Wildman–Crippen MR) is 70.3 cm³/mol. The molecule has 5 heteroatoms. The molecule has 0 N–H and O–H groups in total. The van der Waals surface area contributed by atoms with Gasteiger partial charge in [-0.2, -0.15) is 12.8 Å². The second kappa shape index (κ2) is 4.81. The monoisotopic (exact) mass is 265 g/mol. The number of aryl methyl sites for hydroxylation is 1. The lowest BCUT2D eigenvalue weighted by molar-refractivity contribution is 0.600. The van der Waals surface area contributed by atoms with Crippen LogP contribution >= 0.6 is 11.3 Å². The summed E-state index contributed by atoms with van der Waals surface area (Å²) in [7, 11) is -3.54. The molecule has 0 fully saturated rings. The molecule has 0 spiro atoms. The first kappa shape index (κ1) is 12.0. The maximum atomic E-state index is 11.8. The van der Waals surface area contributed by atoms with E-state index in [4.69, 9.17) is 0 Å². The third kappa shape index (κ3) is 2.81. The third-order valence-electron chi connectivity index (χ3n) is 2.27. The first-order valence-corrected chi connectivity index (χ1v) is 7.31. The minimum absolute atomic E-state index is 0.266. The van der Waals surface area contributed by atoms with Crippen molar-refractivity contribution in [1.82, 2.24) is 0 Å². The van der Waals surface area contributed by atoms with Crippen molar-refractivity contribution in [2.45, 2.75) is 11.1 Å². The summed E-state index contributed by atoms with van der Waals surface area (Å²) in [5, 5.41) is 1.72. The van der Waals surface area contributed by atoms with Gasteiger partial charge in [-0.1, -0.05) is 30.3 Å². The fourth-order valence-electron chi connectivity index (χ4n) is 1.32. The third-order valence-corrected chi connectivity index (χ3v) is 4.88. The molecule has 17 heavy (non-hydrogen) atoms. The van der Waals surface area contributed by atoms with Gasteiger partial charge in [-0.15, -0.1) is 11.3 Å². The maximum absolute atomic E-state index is 11.8. The Morgan fingerprint density at radius 2 is 1.94 bits per heavy atom. The summed E-state index contributed by atoms with van der Waals surface area (Å²) in [6, 6.07) is 10.8. The van der Waals surface area contributed by atoms with Crippen molar-refractivity contribution in [3.8, 4) is 0 Å². The highest BCUT2D eigenvalue weighted by Crippen LogP contribution is 2.18. The second-order valence-electron chi connectivity index (χ2n) is 3.50. The first-order chi connectivity index (χ1) is 8.09. The highest BCUT2D eigenvalue weighted by atomic mass is 32.2. The molecule has 1 heterocycles. The van der Waals surface area contributed by atoms with Crippen molar-refractivity contribution in [2.24, 2.45) is 4.40 Å². The Morgan fingerprint density at radius 3 is 2.59 bits per heavy atom. The van der Waals surface area contributed by atoms with E-state index >= 15 is 0 Å². The minimum Gasteiger partial charge on any atom is -0.198 e. The smallest absolute Gasteiger partial charge is 0.198 e. The predicted octanol–water partition coefficient (Wildman–Crippen LogP) is 2.86. The number of benzene rings is 1. The number of sulfonamides is 1. The summed E-state index contributed by atoms with van der Waals surface area (Å²) >= 11 is 1.17. The average molecular weight is 265 g/mol. The summed E-state index contributed by atoms with van der Waals surface area (Å²) in [6.45, 7) is 1.92. The van der Waals surface area contributed by atoms with Crippen LogP contribution in [0.25, 0.3) is 0 Å². The molecule has 0 aliphatic carbocycles. The van der Waals surface area contributed by atoms with E-state index in [-0.39, 0.29) is 4.21 Å². The summed E-state index contributed by atoms with van der Waals surface area (Å²) in [4.78, 5) is 0. The van der Waals surface area contributed by atoms with E-state index in [9.17, 15) is 8.42 Å². The largest absolute Gasteiger partial charge is 0.291 e. The van der Waals surface area contributed by atoms with Gasteiger partial charge in [0.25, 0.3) is 10.0 Å². The van der Waals surface area contributed by atoms with Gasteiger partial charge in [0.15, 0.2) is 0 Å². The highest BCUT2D eigenvalue weighted by molar-refractivity contribution is 7.92. The Morgan fingerprint density at radius 1 is 1.18 bits per heavy atom. The molecule has 3 nitrogen and oxygen atoms in total. The number of thiophene rings is 1. The maximum Gasteiger partial charge on any atom is 0.291 e. The molecular formula is C12H11NO2S2. The van der Waals surface area contributed by atoms with E-state index in [1.165, 1.54) is 17.6 Å². The molecule has 0 atom stereocenters. The van der Waals surface area contributed by atoms with E-state index in [2.05, 4.69) is 4.40 Å². The van der Waals surface area contributed by atoms with Crippen molar-refractivity contribution in [1.29, 1.82) is 0 Å². The van der Waals surface area contributed by atoms with Crippen molar-refractivity contribution in [3.05, 3.63) is 52.9 Å². The molecule has 2 aromatic rings. The molecule has 1 aromatic heterocycles. The van der Waals surface area contributed by atoms with Crippen LogP contribution in [0, 0.1) is 6.92 Å². The van der Waals surface area contributed by atoms with Crippen molar-refractivity contribution in [2.75, 3.05) is 0 Å². The molecule has 0 aliphatic heterocycles. The fourth-order valence-corrected chi connectivity index (χ4v) is 3.16. The molecule has 0 saturated carbocycles. The lowest BCUT2D eigenvalue weighted by Gasteiger charge is -1.98. The standard InChI is InChI=1S/C12H11NO2S2/c1-10-5-2-3-6-11(10)9-13-17(14,15)12-7-4-8-16-12/h2-9H,1H3/b13-9+. The van der Waals surface area contributed by atoms with Crippen molar-refractivity contribution < 1.29 is 8.42 Å². The Labute approximate surface area is 105 Å². The molecule has 2 rings (SSSR count). The summed E-state index contributed by atoms with van der Waals surface area (Å²) in [6.07, 6.45) is 1.39. The zero-order chi connectivity index (χ0) is 12.3. The molecule has 1 aromatic carbocycles. The van der Waals surface area contributed by atoms with Gasteiger partial charge in [-0.05, 0) is 29.5 Å². The number of hydrogen-bond donors (Lipinski definition) is 0. The molecule has 0 unspecified atom stereocenters. The van der Waals surface area contributed by atoms with Crippen LogP contribution in [-0.2, 0) is 10.0 Å². The highest BCUT2D eigenvalue weighted by Gasteiger charge is 2.12. The minimum atomic E-state index is -3.54. The molecule has 0 bridgehead atoms. The lowest BCUT2D eigenvalue weighted by atomic mass is 10.1. The second-order valence-corrected chi connectivity index (χ2v) is 6.31. The number of hydrogen-bond acceptors (Lipinski definition) is 3. The van der Waals surface area contributed by atoms with Gasteiger partial charge in [-0.25, -0.2) is 0 Å². The van der Waals surface area contributed by atoms with Gasteiger partial charge >= 0.3 is 0 Å². The molecule has 0 saturated heterocycles. The Hall–Kier alpha value is -1.46. The van der Waals surface area contributed by atoms with E-state index < -0.39 is 10.0 Å². The summed E-state index contributed by atoms with van der Waals surface area (Å²) in [5.74, 6) is 0. The zero-order valence-electron chi connectivity index (χ0n) is 9.20. The van der Waals surface area contributed by atoms with Crippen molar-refractivity contribution >= 4 is 27.6 Å². The zero-order valence-corrected chi connectivity index (χ0v) is 10.8. The molecule has 0 aliphatic rings. The molecule has 0 radical (unpaired) electrons. The Balaban J connectivity index is 2.31. The van der Waals surface area contributed by atoms with Gasteiger partial charge in [0.2, 0.25) is 0 Å². The average Bonchev–Trinajstić information content (AvgIpc) is 2.82. The van der Waals surface area contributed by atoms with E-state index in [0.29, 0.717) is 0 Å². The van der Waals surface area contributed by atoms with Gasteiger partial charge in [0, 0.05) is 6.21 Å². The van der Waals surface area contributed by atoms with Crippen LogP contribution in [0.2, 0.25) is 0 Å². The molecule has 0 amide bonds. The van der Waals surface area contributed by atoms with Crippen molar-refractivity contribution in [3.63, 3.8) is 0 Å². The molecular weight excluding hydrogens is 254 g/mol. The summed E-state index contributed by atoms with van der Waals surface area (Å²) in [5.41, 5.74) is 1.81. The SMILES string of the molecule is Cc1ccccc1/C=N/S(=O)(=O)c1cccs1. The van der Waals surface area contributed by atoms with Gasteiger partial charge in [0.1, 0.15) is 4.21 Å². The number of nitrogens with zero attached hydrogens (tertiary/aromatic N) is 1. The summed E-state index contributed by atoms with van der Waals surface area (Å²) < 4.78 is 27.5. The van der Waals surface area contributed by atoms with Gasteiger partial charge < -0.3 is 0 Å². The Bertz CT molecular complexity index is 628. The Kier molecular flexibility index (Phi) is 3.40. The van der Waals surface area contributed by atoms with E-state index in [1.54, 1.807) is 17.5 Å². The topological polar surface area (TPSA) is 46.5 Å². The van der Waals surface area contributed by atoms with Crippen LogP contribution in [0.3, 0.4) is 0 Å². The van der Waals surface area contributed by atoms with Gasteiger partial charge in [0.05, 0.1) is 0 Å². The number of rotatable bonds is 3. The van der Waals surface area contributed by atoms with E-state index in [0.717, 1.165) is 11.1 Å². The molecule has 88 valence electrons. The van der Waals surface area contributed by atoms with Crippen LogP contribution in [0.5, 0.6) is 0 Å². The first-order valence-electron chi connectivity index (χ1n) is 4.99. The fraction of sp³-hybridized carbons (Fsp3) is 0.0833. The van der Waals surface area contributed by atoms with Crippen LogP contribution in [0.4, 0.5) is 0 Å². The van der Waals surface area contributed by atoms with Crippen LogP contribution < -0.4 is 0 Å². The van der Waals surface area contributed by atoms with Gasteiger partial charge in [-0.3, -0.25) is 0 Å². The van der Waals surface area contributed by atoms with Crippen LogP contribution in [-0.4, -0.2) is 14.6 Å².